The minimum Gasteiger partial charge on any atom is -0.365 e. The number of hydrogen-bond donors (Lipinski definition) is 1. The summed E-state index contributed by atoms with van der Waals surface area (Å²) in [6.45, 7) is 0.633. The Labute approximate surface area is 110 Å². The van der Waals surface area contributed by atoms with Gasteiger partial charge in [-0.25, -0.2) is 4.98 Å². The second-order valence-electron chi connectivity index (χ2n) is 4.07. The van der Waals surface area contributed by atoms with Crippen molar-refractivity contribution in [2.75, 3.05) is 5.32 Å². The van der Waals surface area contributed by atoms with Crippen molar-refractivity contribution in [3.05, 3.63) is 59.9 Å². The standard InChI is InChI=1S/C14H11N5/c15-8-12-10-16-13-6-7-18-19(13)14(12)17-9-11-4-2-1-3-5-11/h1-7,10,17H,9H2. The van der Waals surface area contributed by atoms with Crippen LogP contribution in [0.15, 0.2) is 48.8 Å². The highest BCUT2D eigenvalue weighted by Gasteiger charge is 2.08. The fourth-order valence-electron chi connectivity index (χ4n) is 1.91. The predicted molar refractivity (Wildman–Crippen MR) is 71.5 cm³/mol. The Hall–Kier alpha value is -2.87. The molecule has 3 rings (SSSR count). The van der Waals surface area contributed by atoms with Crippen LogP contribution in [0.2, 0.25) is 0 Å². The highest BCUT2D eigenvalue weighted by molar-refractivity contribution is 5.57. The van der Waals surface area contributed by atoms with Crippen molar-refractivity contribution >= 4 is 11.5 Å². The average molecular weight is 249 g/mol. The quantitative estimate of drug-likeness (QED) is 0.772. The third kappa shape index (κ3) is 2.11. The predicted octanol–water partition coefficient (Wildman–Crippen LogP) is 2.21. The Morgan fingerprint density at radius 1 is 1.21 bits per heavy atom. The van der Waals surface area contributed by atoms with Crippen LogP contribution >= 0.6 is 0 Å². The molecule has 5 nitrogen and oxygen atoms in total. The van der Waals surface area contributed by atoms with Crippen molar-refractivity contribution < 1.29 is 0 Å². The number of benzene rings is 1. The molecule has 19 heavy (non-hydrogen) atoms. The lowest BCUT2D eigenvalue weighted by Gasteiger charge is -2.09. The van der Waals surface area contributed by atoms with Gasteiger partial charge in [-0.1, -0.05) is 30.3 Å². The number of rotatable bonds is 3. The number of anilines is 1. The molecular formula is C14H11N5. The summed E-state index contributed by atoms with van der Waals surface area (Å²) in [5.74, 6) is 0.668. The molecule has 1 aromatic carbocycles. The molecule has 0 saturated carbocycles. The van der Waals surface area contributed by atoms with Crippen LogP contribution in [-0.4, -0.2) is 14.6 Å². The smallest absolute Gasteiger partial charge is 0.157 e. The maximum absolute atomic E-state index is 9.14. The third-order valence-corrected chi connectivity index (χ3v) is 2.84. The van der Waals surface area contributed by atoms with E-state index in [1.54, 1.807) is 23.0 Å². The Kier molecular flexibility index (Phi) is 2.83. The molecule has 0 aliphatic rings. The zero-order valence-corrected chi connectivity index (χ0v) is 10.1. The van der Waals surface area contributed by atoms with Crippen molar-refractivity contribution in [3.8, 4) is 6.07 Å². The van der Waals surface area contributed by atoms with Gasteiger partial charge in [-0.15, -0.1) is 0 Å². The zero-order valence-electron chi connectivity index (χ0n) is 10.1. The molecule has 5 heteroatoms. The molecule has 0 radical (unpaired) electrons. The molecule has 92 valence electrons. The lowest BCUT2D eigenvalue weighted by molar-refractivity contribution is 0.921. The van der Waals surface area contributed by atoms with E-state index in [0.29, 0.717) is 17.9 Å². The molecule has 1 N–H and O–H groups in total. The number of fused-ring (bicyclic) bond motifs is 1. The molecular weight excluding hydrogens is 238 g/mol. The lowest BCUT2D eigenvalue weighted by atomic mass is 10.2. The monoisotopic (exact) mass is 249 g/mol. The van der Waals surface area contributed by atoms with Crippen molar-refractivity contribution in [3.63, 3.8) is 0 Å². The highest BCUT2D eigenvalue weighted by atomic mass is 15.3. The molecule has 0 aliphatic carbocycles. The van der Waals surface area contributed by atoms with E-state index in [4.69, 9.17) is 5.26 Å². The van der Waals surface area contributed by atoms with Crippen LogP contribution in [0, 0.1) is 11.3 Å². The lowest BCUT2D eigenvalue weighted by Crippen LogP contribution is -2.08. The summed E-state index contributed by atoms with van der Waals surface area (Å²) in [6.07, 6.45) is 3.22. The van der Waals surface area contributed by atoms with Gasteiger partial charge in [-0.05, 0) is 5.56 Å². The fraction of sp³-hybridized carbons (Fsp3) is 0.0714. The molecule has 0 unspecified atom stereocenters. The minimum absolute atomic E-state index is 0.479. The van der Waals surface area contributed by atoms with E-state index in [0.717, 1.165) is 11.2 Å². The van der Waals surface area contributed by atoms with E-state index in [1.165, 1.54) is 0 Å². The zero-order chi connectivity index (χ0) is 13.1. The number of nitrogens with zero attached hydrogens (tertiary/aromatic N) is 4. The molecule has 0 fully saturated rings. The Morgan fingerprint density at radius 2 is 2.05 bits per heavy atom. The van der Waals surface area contributed by atoms with Gasteiger partial charge in [0, 0.05) is 12.6 Å². The molecule has 0 bridgehead atoms. The average Bonchev–Trinajstić information content (AvgIpc) is 2.94. The van der Waals surface area contributed by atoms with Crippen LogP contribution in [-0.2, 0) is 6.54 Å². The van der Waals surface area contributed by atoms with Gasteiger partial charge in [-0.2, -0.15) is 14.9 Å². The molecule has 2 aromatic heterocycles. The topological polar surface area (TPSA) is 66.0 Å². The first kappa shape index (κ1) is 11.2. The first-order valence-corrected chi connectivity index (χ1v) is 5.89. The van der Waals surface area contributed by atoms with Gasteiger partial charge in [0.1, 0.15) is 17.5 Å². The number of nitriles is 1. The summed E-state index contributed by atoms with van der Waals surface area (Å²) in [5.41, 5.74) is 2.34. The second-order valence-corrected chi connectivity index (χ2v) is 4.07. The molecule has 3 aromatic rings. The Balaban J connectivity index is 1.95. The maximum atomic E-state index is 9.14. The molecule has 0 saturated heterocycles. The van der Waals surface area contributed by atoms with Crippen molar-refractivity contribution in [1.29, 1.82) is 5.26 Å². The van der Waals surface area contributed by atoms with Crippen molar-refractivity contribution in [2.24, 2.45) is 0 Å². The number of nitrogens with one attached hydrogen (secondary N) is 1. The second kappa shape index (κ2) is 4.78. The van der Waals surface area contributed by atoms with Crippen LogP contribution in [0.1, 0.15) is 11.1 Å². The van der Waals surface area contributed by atoms with E-state index in [2.05, 4.69) is 21.5 Å². The van der Waals surface area contributed by atoms with Crippen molar-refractivity contribution in [1.82, 2.24) is 14.6 Å². The van der Waals surface area contributed by atoms with Gasteiger partial charge in [-0.3, -0.25) is 0 Å². The van der Waals surface area contributed by atoms with Crippen LogP contribution in [0.25, 0.3) is 5.65 Å². The van der Waals surface area contributed by atoms with E-state index in [1.807, 2.05) is 30.3 Å². The van der Waals surface area contributed by atoms with Gasteiger partial charge < -0.3 is 5.32 Å². The maximum Gasteiger partial charge on any atom is 0.157 e. The van der Waals surface area contributed by atoms with Crippen LogP contribution in [0.4, 0.5) is 5.82 Å². The Bertz CT molecular complexity index is 739. The van der Waals surface area contributed by atoms with Crippen molar-refractivity contribution in [2.45, 2.75) is 6.54 Å². The third-order valence-electron chi connectivity index (χ3n) is 2.84. The van der Waals surface area contributed by atoms with Gasteiger partial charge in [0.05, 0.1) is 12.4 Å². The van der Waals surface area contributed by atoms with E-state index < -0.39 is 0 Å². The summed E-state index contributed by atoms with van der Waals surface area (Å²) in [5, 5.41) is 16.6. The largest absolute Gasteiger partial charge is 0.365 e. The normalized spacial score (nSPS) is 10.3. The first-order chi connectivity index (χ1) is 9.38. The van der Waals surface area contributed by atoms with Gasteiger partial charge in [0.2, 0.25) is 0 Å². The number of hydrogen-bond acceptors (Lipinski definition) is 4. The van der Waals surface area contributed by atoms with Crippen LogP contribution in [0.3, 0.4) is 0 Å². The number of aromatic nitrogens is 3. The van der Waals surface area contributed by atoms with Gasteiger partial charge >= 0.3 is 0 Å². The van der Waals surface area contributed by atoms with Gasteiger partial charge in [0.15, 0.2) is 5.65 Å². The summed E-state index contributed by atoms with van der Waals surface area (Å²) in [6, 6.07) is 13.9. The molecule has 0 atom stereocenters. The van der Waals surface area contributed by atoms with Gasteiger partial charge in [0.25, 0.3) is 0 Å². The molecule has 0 aliphatic heterocycles. The summed E-state index contributed by atoms with van der Waals surface area (Å²) < 4.78 is 1.64. The summed E-state index contributed by atoms with van der Waals surface area (Å²) in [4.78, 5) is 4.17. The molecule has 0 amide bonds. The van der Waals surface area contributed by atoms with E-state index in [-0.39, 0.29) is 0 Å². The van der Waals surface area contributed by atoms with E-state index in [9.17, 15) is 0 Å². The minimum atomic E-state index is 0.479. The summed E-state index contributed by atoms with van der Waals surface area (Å²) >= 11 is 0. The molecule has 2 heterocycles. The first-order valence-electron chi connectivity index (χ1n) is 5.89. The summed E-state index contributed by atoms with van der Waals surface area (Å²) in [7, 11) is 0. The fourth-order valence-corrected chi connectivity index (χ4v) is 1.91. The highest BCUT2D eigenvalue weighted by Crippen LogP contribution is 2.16. The molecule has 0 spiro atoms. The van der Waals surface area contributed by atoms with E-state index >= 15 is 0 Å². The van der Waals surface area contributed by atoms with Crippen LogP contribution < -0.4 is 5.32 Å². The van der Waals surface area contributed by atoms with Crippen LogP contribution in [0.5, 0.6) is 0 Å². The SMILES string of the molecule is N#Cc1cnc2ccnn2c1NCc1ccccc1. The Morgan fingerprint density at radius 3 is 2.84 bits per heavy atom.